The van der Waals surface area contributed by atoms with Gasteiger partial charge in [0, 0.05) is 18.8 Å². The Hall–Kier alpha value is -1.48. The van der Waals surface area contributed by atoms with Gasteiger partial charge >= 0.3 is 0 Å². The minimum Gasteiger partial charge on any atom is -0.389 e. The predicted octanol–water partition coefficient (Wildman–Crippen LogP) is 4.75. The smallest absolute Gasteiger partial charge is 0.201 e. The van der Waals surface area contributed by atoms with Crippen LogP contribution in [0.4, 0.5) is 0 Å². The minimum atomic E-state index is -0.639. The lowest BCUT2D eigenvalue weighted by Crippen LogP contribution is -2.58. The lowest BCUT2D eigenvalue weighted by atomic mass is 9.44. The highest BCUT2D eigenvalue weighted by molar-refractivity contribution is 6.38. The quantitative estimate of drug-likeness (QED) is 0.737. The maximum Gasteiger partial charge on any atom is 0.201 e. The molecule has 5 rings (SSSR count). The summed E-state index contributed by atoms with van der Waals surface area (Å²) >= 11 is 0. The van der Waals surface area contributed by atoms with E-state index >= 15 is 0 Å². The number of ketones is 2. The summed E-state index contributed by atoms with van der Waals surface area (Å²) in [7, 11) is 0. The van der Waals surface area contributed by atoms with Crippen molar-refractivity contribution < 1.29 is 14.7 Å². The fourth-order valence-electron chi connectivity index (χ4n) is 8.28. The number of carbonyl (C=O) groups is 2. The van der Waals surface area contributed by atoms with Crippen LogP contribution in [0.3, 0.4) is 0 Å². The van der Waals surface area contributed by atoms with Crippen molar-refractivity contribution in [2.75, 3.05) is 0 Å². The highest BCUT2D eigenvalue weighted by atomic mass is 16.3. The van der Waals surface area contributed by atoms with Gasteiger partial charge in [-0.15, -0.1) is 0 Å². The van der Waals surface area contributed by atoms with Crippen molar-refractivity contribution in [3.63, 3.8) is 0 Å². The molecule has 0 aliphatic heterocycles. The third-order valence-corrected chi connectivity index (χ3v) is 10.0. The number of fused-ring (bicyclic) bond motifs is 5. The number of Topliss-reactive ketones (excluding diaryl/α,β-unsaturated/α-hetero) is 2. The van der Waals surface area contributed by atoms with Gasteiger partial charge in [-0.25, -0.2) is 0 Å². The first-order valence-electron chi connectivity index (χ1n) is 11.6. The molecular weight excluding hydrogens is 360 g/mol. The van der Waals surface area contributed by atoms with Gasteiger partial charge in [-0.3, -0.25) is 9.59 Å². The molecule has 29 heavy (non-hydrogen) atoms. The van der Waals surface area contributed by atoms with Gasteiger partial charge in [-0.05, 0) is 79.1 Å². The van der Waals surface area contributed by atoms with E-state index in [1.165, 1.54) is 5.56 Å². The van der Waals surface area contributed by atoms with Crippen molar-refractivity contribution >= 4 is 11.6 Å². The van der Waals surface area contributed by atoms with Crippen LogP contribution in [-0.4, -0.2) is 22.3 Å². The van der Waals surface area contributed by atoms with Gasteiger partial charge in [0.2, 0.25) is 5.78 Å². The lowest BCUT2D eigenvalue weighted by molar-refractivity contribution is -0.166. The number of hydrogen-bond donors (Lipinski definition) is 1. The summed E-state index contributed by atoms with van der Waals surface area (Å²) in [6.07, 6.45) is 8.06. The molecule has 0 amide bonds. The number of aliphatic hydroxyl groups is 1. The molecule has 1 aromatic carbocycles. The van der Waals surface area contributed by atoms with Crippen LogP contribution in [-0.2, 0) is 16.0 Å². The van der Waals surface area contributed by atoms with Crippen molar-refractivity contribution in [3.05, 3.63) is 35.9 Å². The van der Waals surface area contributed by atoms with E-state index in [4.69, 9.17) is 0 Å². The Labute approximate surface area is 174 Å². The summed E-state index contributed by atoms with van der Waals surface area (Å²) in [5.41, 5.74) is 0.517. The average Bonchev–Trinajstić information content (AvgIpc) is 2.97. The van der Waals surface area contributed by atoms with Crippen molar-refractivity contribution in [1.82, 2.24) is 0 Å². The highest BCUT2D eigenvalue weighted by Gasteiger charge is 2.65. The topological polar surface area (TPSA) is 54.4 Å². The van der Waals surface area contributed by atoms with E-state index in [0.717, 1.165) is 51.4 Å². The summed E-state index contributed by atoms with van der Waals surface area (Å²) in [6.45, 7) is 4.64. The zero-order valence-electron chi connectivity index (χ0n) is 17.8. The van der Waals surface area contributed by atoms with E-state index in [1.54, 1.807) is 0 Å². The van der Waals surface area contributed by atoms with Gasteiger partial charge in [-0.1, -0.05) is 44.2 Å². The molecule has 3 nitrogen and oxygen atoms in total. The Balaban J connectivity index is 1.43. The number of carbonyl (C=O) groups excluding carboxylic acids is 2. The first-order chi connectivity index (χ1) is 13.8. The van der Waals surface area contributed by atoms with Gasteiger partial charge in [0.25, 0.3) is 0 Å². The fraction of sp³-hybridized carbons (Fsp3) is 0.692. The van der Waals surface area contributed by atoms with Crippen LogP contribution in [0.5, 0.6) is 0 Å². The van der Waals surface area contributed by atoms with Crippen molar-refractivity contribution in [1.29, 1.82) is 0 Å². The van der Waals surface area contributed by atoms with Crippen LogP contribution < -0.4 is 0 Å². The summed E-state index contributed by atoms with van der Waals surface area (Å²) in [6, 6.07) is 10.4. The lowest BCUT2D eigenvalue weighted by Gasteiger charge is -2.60. The van der Waals surface area contributed by atoms with E-state index in [0.29, 0.717) is 24.2 Å². The second kappa shape index (κ2) is 6.51. The Morgan fingerprint density at radius 3 is 2.41 bits per heavy atom. The van der Waals surface area contributed by atoms with E-state index in [2.05, 4.69) is 38.1 Å². The van der Waals surface area contributed by atoms with E-state index in [9.17, 15) is 14.7 Å². The highest BCUT2D eigenvalue weighted by Crippen LogP contribution is 2.68. The molecule has 3 heteroatoms. The molecule has 2 unspecified atom stereocenters. The largest absolute Gasteiger partial charge is 0.389 e. The molecule has 0 bridgehead atoms. The second-order valence-electron chi connectivity index (χ2n) is 11.0. The maximum absolute atomic E-state index is 12.6. The summed E-state index contributed by atoms with van der Waals surface area (Å²) in [5.74, 6) is 1.36. The number of benzene rings is 1. The average molecular weight is 395 g/mol. The summed E-state index contributed by atoms with van der Waals surface area (Å²) in [5, 5.41) is 11.9. The van der Waals surface area contributed by atoms with Gasteiger partial charge in [0.05, 0.1) is 5.60 Å². The molecule has 4 aliphatic rings. The van der Waals surface area contributed by atoms with Gasteiger partial charge in [-0.2, -0.15) is 0 Å². The summed E-state index contributed by atoms with van der Waals surface area (Å²) in [4.78, 5) is 24.7. The fourth-order valence-corrected chi connectivity index (χ4v) is 8.28. The first kappa shape index (κ1) is 19.5. The Morgan fingerprint density at radius 1 is 0.931 bits per heavy atom. The van der Waals surface area contributed by atoms with E-state index < -0.39 is 5.60 Å². The molecule has 4 fully saturated rings. The van der Waals surface area contributed by atoms with E-state index in [-0.39, 0.29) is 28.3 Å². The molecular formula is C26H34O3. The molecule has 0 saturated heterocycles. The zero-order valence-corrected chi connectivity index (χ0v) is 17.8. The molecule has 0 aromatic heterocycles. The molecule has 4 aliphatic carbocycles. The van der Waals surface area contributed by atoms with Crippen LogP contribution in [0.25, 0.3) is 0 Å². The Bertz CT molecular complexity index is 832. The molecule has 0 spiro atoms. The third kappa shape index (κ3) is 2.65. The monoisotopic (exact) mass is 394 g/mol. The predicted molar refractivity (Wildman–Crippen MR) is 112 cm³/mol. The van der Waals surface area contributed by atoms with Crippen LogP contribution in [0.15, 0.2) is 30.3 Å². The van der Waals surface area contributed by atoms with Gasteiger partial charge in [0.15, 0.2) is 5.78 Å². The van der Waals surface area contributed by atoms with E-state index in [1.807, 2.05) is 6.07 Å². The van der Waals surface area contributed by atoms with Crippen molar-refractivity contribution in [2.24, 2.45) is 34.5 Å². The van der Waals surface area contributed by atoms with Crippen LogP contribution in [0, 0.1) is 34.5 Å². The molecule has 4 saturated carbocycles. The first-order valence-corrected chi connectivity index (χ1v) is 11.6. The molecule has 1 aromatic rings. The molecule has 156 valence electrons. The SMILES string of the molecule is C[C@]12CCC(=O)C(=O)C1CC[C@@H]1[C@H]2CC[C@@]2(C)[C@H]1CCC2(O)Cc1ccccc1. The molecule has 0 radical (unpaired) electrons. The molecule has 0 heterocycles. The third-order valence-electron chi connectivity index (χ3n) is 10.0. The van der Waals surface area contributed by atoms with Crippen molar-refractivity contribution in [2.45, 2.75) is 77.2 Å². The second-order valence-corrected chi connectivity index (χ2v) is 11.0. The van der Waals surface area contributed by atoms with Crippen LogP contribution >= 0.6 is 0 Å². The number of hydrogen-bond acceptors (Lipinski definition) is 3. The number of rotatable bonds is 2. The maximum atomic E-state index is 12.6. The Morgan fingerprint density at radius 2 is 1.66 bits per heavy atom. The van der Waals surface area contributed by atoms with Crippen molar-refractivity contribution in [3.8, 4) is 0 Å². The molecule has 1 N–H and O–H groups in total. The van der Waals surface area contributed by atoms with Crippen LogP contribution in [0.2, 0.25) is 0 Å². The minimum absolute atomic E-state index is 0.0185. The molecule has 7 atom stereocenters. The normalized spacial score (nSPS) is 46.7. The summed E-state index contributed by atoms with van der Waals surface area (Å²) < 4.78 is 0. The Kier molecular flexibility index (Phi) is 4.37. The van der Waals surface area contributed by atoms with Gasteiger partial charge < -0.3 is 5.11 Å². The zero-order chi connectivity index (χ0) is 20.4. The standard InChI is InChI=1S/C26H34O3/c1-24-13-12-22(27)23(28)21(24)9-8-18-19(24)10-14-25(2)20(18)11-15-26(25,29)16-17-6-4-3-5-7-17/h3-7,18-21,29H,8-16H2,1-2H3/t18-,19-,20+,21?,24-,25+,26?/m1/s1. The van der Waals surface area contributed by atoms with Gasteiger partial charge in [0.1, 0.15) is 0 Å². The van der Waals surface area contributed by atoms with Crippen LogP contribution in [0.1, 0.15) is 70.8 Å².